The van der Waals surface area contributed by atoms with Gasteiger partial charge in [-0.05, 0) is 30.6 Å². The quantitative estimate of drug-likeness (QED) is 0.197. The molecule has 0 aromatic carbocycles. The second kappa shape index (κ2) is 11.0. The number of allylic oxidation sites excluding steroid dienone is 3. The van der Waals surface area contributed by atoms with Crippen LogP contribution in [0.3, 0.4) is 0 Å². The van der Waals surface area contributed by atoms with Gasteiger partial charge in [0.1, 0.15) is 0 Å². The highest BCUT2D eigenvalue weighted by Gasteiger charge is 2.50. The first-order chi connectivity index (χ1) is 16.1. The van der Waals surface area contributed by atoms with E-state index in [4.69, 9.17) is 0 Å². The fraction of sp³-hybridized carbons (Fsp3) is 0.667. The van der Waals surface area contributed by atoms with Crippen molar-refractivity contribution in [2.24, 2.45) is 0 Å². The number of fused-ring (bicyclic) bond motifs is 1. The third-order valence-electron chi connectivity index (χ3n) is 8.70. The molecule has 2 heterocycles. The Morgan fingerprint density at radius 3 is 1.51 bits per heavy atom. The van der Waals surface area contributed by atoms with Gasteiger partial charge < -0.3 is 0 Å². The predicted octanol–water partition coefficient (Wildman–Crippen LogP) is 9.41. The average molecular weight is 555 g/mol. The van der Waals surface area contributed by atoms with E-state index in [9.17, 15) is 0 Å². The Balaban J connectivity index is 3.15. The van der Waals surface area contributed by atoms with Crippen LogP contribution >= 0.6 is 0 Å². The first-order valence-corrected chi connectivity index (χ1v) is 29.3. The summed E-state index contributed by atoms with van der Waals surface area (Å²) >= 11 is 0. The van der Waals surface area contributed by atoms with Crippen LogP contribution in [0.4, 0.5) is 0 Å². The zero-order valence-corrected chi connectivity index (χ0v) is 30.5. The second-order valence-electron chi connectivity index (χ2n) is 13.6. The zero-order chi connectivity index (χ0) is 26.9. The van der Waals surface area contributed by atoms with Gasteiger partial charge in [0, 0.05) is 11.1 Å². The van der Waals surface area contributed by atoms with E-state index < -0.39 is 40.4 Å². The molecule has 0 nitrogen and oxygen atoms in total. The van der Waals surface area contributed by atoms with Gasteiger partial charge in [-0.1, -0.05) is 132 Å². The summed E-state index contributed by atoms with van der Waals surface area (Å²) in [6, 6.07) is 4.95. The highest BCUT2D eigenvalue weighted by atomic mass is 28.4. The minimum absolute atomic E-state index is 1.23. The number of rotatable bonds is 9. The molecule has 2 rings (SSSR count). The summed E-state index contributed by atoms with van der Waals surface area (Å²) in [5.41, 5.74) is 14.0. The Kier molecular flexibility index (Phi) is 9.66. The first kappa shape index (κ1) is 30.6. The van der Waals surface area contributed by atoms with Crippen molar-refractivity contribution in [2.45, 2.75) is 130 Å². The average Bonchev–Trinajstić information content (AvgIpc) is 3.01. The molecule has 0 aromatic heterocycles. The zero-order valence-electron chi connectivity index (χ0n) is 25.5. The van der Waals surface area contributed by atoms with Crippen molar-refractivity contribution in [3.8, 4) is 22.9 Å². The van der Waals surface area contributed by atoms with Crippen molar-refractivity contribution in [1.82, 2.24) is 0 Å². The van der Waals surface area contributed by atoms with Crippen molar-refractivity contribution < 1.29 is 0 Å². The van der Waals surface area contributed by atoms with Crippen LogP contribution in [0.5, 0.6) is 0 Å². The summed E-state index contributed by atoms with van der Waals surface area (Å²) in [4.78, 5) is 3.62. The van der Waals surface area contributed by atoms with E-state index in [2.05, 4.69) is 116 Å². The monoisotopic (exact) mass is 554 g/mol. The molecule has 0 aliphatic carbocycles. The summed E-state index contributed by atoms with van der Waals surface area (Å²) < 4.78 is 0. The lowest BCUT2D eigenvalue weighted by Crippen LogP contribution is -2.48. The molecule has 0 N–H and O–H groups in total. The standard InChI is InChI=1S/C30H54Si5/c1-14-19-20-26-25-34(15-2,16-3)23-21-27-28(22-24-35(26,17-4)18-5)30(32(9,10)11)33(12,13)29(27)31(6,7)8/h25H,14-20H2,1-13H3/b26-25-. The summed E-state index contributed by atoms with van der Waals surface area (Å²) in [5, 5.41) is 1.77. The Morgan fingerprint density at radius 1 is 0.686 bits per heavy atom. The van der Waals surface area contributed by atoms with Gasteiger partial charge in [-0.15, -0.1) is 11.1 Å². The van der Waals surface area contributed by atoms with Crippen LogP contribution in [-0.4, -0.2) is 40.4 Å². The summed E-state index contributed by atoms with van der Waals surface area (Å²) in [6.45, 7) is 32.7. The fourth-order valence-electron chi connectivity index (χ4n) is 7.02. The van der Waals surface area contributed by atoms with E-state index in [1.54, 1.807) is 5.20 Å². The van der Waals surface area contributed by atoms with E-state index in [0.29, 0.717) is 0 Å². The van der Waals surface area contributed by atoms with Gasteiger partial charge in [0.05, 0.1) is 24.2 Å². The van der Waals surface area contributed by atoms with Crippen LogP contribution in [0, 0.1) is 22.9 Å². The van der Waals surface area contributed by atoms with Gasteiger partial charge in [0.15, 0.2) is 16.1 Å². The lowest BCUT2D eigenvalue weighted by atomic mass is 10.1. The lowest BCUT2D eigenvalue weighted by molar-refractivity contribution is 0.802. The van der Waals surface area contributed by atoms with Crippen molar-refractivity contribution in [3.05, 3.63) is 31.7 Å². The largest absolute Gasteiger partial charge is 0.164 e. The summed E-state index contributed by atoms with van der Waals surface area (Å²) in [7, 11) is -8.55. The molecule has 0 fully saturated rings. The van der Waals surface area contributed by atoms with Gasteiger partial charge in [0.25, 0.3) is 0 Å². The van der Waals surface area contributed by atoms with E-state index in [0.717, 1.165) is 0 Å². The summed E-state index contributed by atoms with van der Waals surface area (Å²) in [6.07, 6.45) is 3.80. The van der Waals surface area contributed by atoms with Crippen LogP contribution in [0.15, 0.2) is 31.7 Å². The molecule has 0 bridgehead atoms. The molecule has 2 aliphatic rings. The number of hydrogen-bond donors (Lipinski definition) is 0. The molecule has 35 heavy (non-hydrogen) atoms. The van der Waals surface area contributed by atoms with Gasteiger partial charge in [-0.3, -0.25) is 0 Å². The molecule has 2 aliphatic heterocycles. The van der Waals surface area contributed by atoms with E-state index in [-0.39, 0.29) is 0 Å². The third kappa shape index (κ3) is 5.96. The molecule has 0 saturated heterocycles. The maximum absolute atomic E-state index is 4.17. The lowest BCUT2D eigenvalue weighted by Gasteiger charge is -2.37. The second-order valence-corrected chi connectivity index (χ2v) is 37.5. The molecule has 5 heteroatoms. The Bertz CT molecular complexity index is 1020. The SMILES string of the molecule is CCCC/C1=C/[Si](CC)(CC)C#CC2=C([Si](C)(C)C)[Si](C)(C)C([Si](C)(C)C)=C2C#C[Si]1(CC)CC. The van der Waals surface area contributed by atoms with E-state index in [1.807, 2.05) is 9.64 Å². The molecule has 194 valence electrons. The van der Waals surface area contributed by atoms with Crippen LogP contribution in [0.2, 0.25) is 76.6 Å². The smallest absolute Gasteiger partial charge is 0.121 e. The van der Waals surface area contributed by atoms with Crippen LogP contribution in [-0.2, 0) is 0 Å². The van der Waals surface area contributed by atoms with Crippen molar-refractivity contribution >= 4 is 40.4 Å². The van der Waals surface area contributed by atoms with E-state index >= 15 is 0 Å². The highest BCUT2D eigenvalue weighted by molar-refractivity contribution is 7.17. The first-order valence-electron chi connectivity index (χ1n) is 14.4. The maximum Gasteiger partial charge on any atom is 0.164 e. The molecule has 0 saturated carbocycles. The molecule has 0 atom stereocenters. The fourth-order valence-corrected chi connectivity index (χ4v) is 34.3. The van der Waals surface area contributed by atoms with Crippen LogP contribution in [0.25, 0.3) is 0 Å². The number of unbranched alkanes of at least 4 members (excludes halogenated alkanes) is 1. The highest BCUT2D eigenvalue weighted by Crippen LogP contribution is 2.47. The molecule has 0 aromatic rings. The van der Waals surface area contributed by atoms with Gasteiger partial charge >= 0.3 is 0 Å². The van der Waals surface area contributed by atoms with Crippen molar-refractivity contribution in [2.75, 3.05) is 0 Å². The van der Waals surface area contributed by atoms with Crippen molar-refractivity contribution in [1.29, 1.82) is 0 Å². The maximum atomic E-state index is 4.17. The normalized spacial score (nSPS) is 22.5. The van der Waals surface area contributed by atoms with Gasteiger partial charge in [-0.25, -0.2) is 0 Å². The minimum atomic E-state index is -1.87. The molecule has 0 unspecified atom stereocenters. The Labute approximate surface area is 224 Å². The number of hydrogen-bond acceptors (Lipinski definition) is 0. The molecular weight excluding hydrogens is 501 g/mol. The topological polar surface area (TPSA) is 0 Å². The molecule has 0 radical (unpaired) electrons. The Hall–Kier alpha value is -0.576. The van der Waals surface area contributed by atoms with E-state index in [1.165, 1.54) is 54.6 Å². The van der Waals surface area contributed by atoms with Gasteiger partial charge in [-0.2, -0.15) is 0 Å². The van der Waals surface area contributed by atoms with Gasteiger partial charge in [0.2, 0.25) is 0 Å². The summed E-state index contributed by atoms with van der Waals surface area (Å²) in [5.74, 6) is 8.02. The molecular formula is C30H54Si5. The van der Waals surface area contributed by atoms with Crippen molar-refractivity contribution in [3.63, 3.8) is 0 Å². The third-order valence-corrected chi connectivity index (χ3v) is 32.4. The molecule has 0 spiro atoms. The molecule has 0 amide bonds. The predicted molar refractivity (Wildman–Crippen MR) is 175 cm³/mol. The van der Waals surface area contributed by atoms with Crippen LogP contribution < -0.4 is 0 Å². The minimum Gasteiger partial charge on any atom is -0.121 e. The van der Waals surface area contributed by atoms with Crippen LogP contribution in [0.1, 0.15) is 53.9 Å². The Morgan fingerprint density at radius 2 is 1.14 bits per heavy atom.